The molecule has 0 saturated heterocycles. The van der Waals surface area contributed by atoms with Crippen LogP contribution in [-0.2, 0) is 21.4 Å². The van der Waals surface area contributed by atoms with E-state index in [4.69, 9.17) is 4.74 Å². The zero-order chi connectivity index (χ0) is 36.1. The summed E-state index contributed by atoms with van der Waals surface area (Å²) >= 11 is 0. The van der Waals surface area contributed by atoms with Crippen LogP contribution in [0.2, 0.25) is 0 Å². The van der Waals surface area contributed by atoms with Gasteiger partial charge in [0.25, 0.3) is 0 Å². The zero-order valence-electron chi connectivity index (χ0n) is 31.5. The number of fused-ring (bicyclic) bond motifs is 11. The first-order valence-electron chi connectivity index (χ1n) is 18.9. The van der Waals surface area contributed by atoms with Gasteiger partial charge < -0.3 is 29.8 Å². The molecular formula is C43H56N2O5. The second kappa shape index (κ2) is 10.5. The van der Waals surface area contributed by atoms with Gasteiger partial charge in [0.05, 0.1) is 34.6 Å². The van der Waals surface area contributed by atoms with Gasteiger partial charge in [0.15, 0.2) is 0 Å². The van der Waals surface area contributed by atoms with Gasteiger partial charge in [0, 0.05) is 51.7 Å². The summed E-state index contributed by atoms with van der Waals surface area (Å²) in [5.41, 5.74) is 6.17. The number of amides is 1. The summed E-state index contributed by atoms with van der Waals surface area (Å²) in [6.07, 6.45) is 10.2. The van der Waals surface area contributed by atoms with E-state index < -0.39 is 28.8 Å². The van der Waals surface area contributed by atoms with Gasteiger partial charge in [0.2, 0.25) is 5.91 Å². The minimum absolute atomic E-state index is 0.0252. The maximum Gasteiger partial charge on any atom is 0.219 e. The number of aliphatic hydroxyl groups is 2. The van der Waals surface area contributed by atoms with E-state index in [9.17, 15) is 20.1 Å². The molecule has 50 heavy (non-hydrogen) atoms. The number of aromatic nitrogens is 1. The number of carbonyl (C=O) groups excluding carboxylic acids is 1. The molecule has 7 nitrogen and oxygen atoms in total. The van der Waals surface area contributed by atoms with Crippen LogP contribution >= 0.6 is 0 Å². The average molecular weight is 681 g/mol. The third-order valence-electron chi connectivity index (χ3n) is 14.7. The van der Waals surface area contributed by atoms with Crippen LogP contribution in [0.3, 0.4) is 0 Å². The fourth-order valence-corrected chi connectivity index (χ4v) is 12.5. The Balaban J connectivity index is 1.35. The smallest absolute Gasteiger partial charge is 0.219 e. The fraction of sp³-hybridized carbons (Fsp3) is 0.605. The lowest BCUT2D eigenvalue weighted by atomic mass is 9.40. The van der Waals surface area contributed by atoms with Crippen LogP contribution in [0.5, 0.6) is 5.75 Å². The van der Waals surface area contributed by atoms with Crippen molar-refractivity contribution in [1.29, 1.82) is 0 Å². The molecular weight excluding hydrogens is 624 g/mol. The van der Waals surface area contributed by atoms with Crippen LogP contribution < -0.4 is 5.32 Å². The first-order chi connectivity index (χ1) is 23.3. The maximum absolute atomic E-state index is 12.3. The van der Waals surface area contributed by atoms with E-state index >= 15 is 0 Å². The van der Waals surface area contributed by atoms with Gasteiger partial charge in [-0.1, -0.05) is 46.4 Å². The van der Waals surface area contributed by atoms with Crippen LogP contribution in [-0.4, -0.2) is 49.5 Å². The second-order valence-electron chi connectivity index (χ2n) is 18.2. The Bertz CT molecular complexity index is 2030. The lowest BCUT2D eigenvalue weighted by Gasteiger charge is -2.64. The average Bonchev–Trinajstić information content (AvgIpc) is 3.70. The number of aliphatic hydroxyl groups excluding tert-OH is 2. The Morgan fingerprint density at radius 2 is 1.84 bits per heavy atom. The molecule has 2 saturated carbocycles. The Labute approximate surface area is 296 Å². The highest BCUT2D eigenvalue weighted by atomic mass is 16.5. The summed E-state index contributed by atoms with van der Waals surface area (Å²) in [5, 5.41) is 41.1. The largest absolute Gasteiger partial charge is 0.505 e. The summed E-state index contributed by atoms with van der Waals surface area (Å²) < 4.78 is 8.89. The molecule has 3 aromatic rings. The molecule has 2 aromatic heterocycles. The van der Waals surface area contributed by atoms with Crippen LogP contribution in [0, 0.1) is 28.6 Å². The van der Waals surface area contributed by atoms with Crippen molar-refractivity contribution in [2.45, 2.75) is 130 Å². The first kappa shape index (κ1) is 34.0. The number of nitrogens with one attached hydrogen (secondary N) is 1. The molecule has 0 radical (unpaired) electrons. The van der Waals surface area contributed by atoms with E-state index in [2.05, 4.69) is 83.0 Å². The molecule has 5 aliphatic rings. The normalized spacial score (nSPS) is 36.6. The molecule has 1 amide bonds. The van der Waals surface area contributed by atoms with Gasteiger partial charge >= 0.3 is 0 Å². The molecule has 2 fully saturated rings. The number of ether oxygens (including phenoxy) is 1. The number of aromatic hydroxyl groups is 1. The van der Waals surface area contributed by atoms with E-state index in [-0.39, 0.29) is 34.3 Å². The summed E-state index contributed by atoms with van der Waals surface area (Å²) in [6, 6.07) is 2.33. The second-order valence-corrected chi connectivity index (χ2v) is 18.2. The van der Waals surface area contributed by atoms with Crippen molar-refractivity contribution in [3.63, 3.8) is 0 Å². The van der Waals surface area contributed by atoms with Crippen LogP contribution in [0.1, 0.15) is 129 Å². The lowest BCUT2D eigenvalue weighted by molar-refractivity contribution is -0.144. The number of hydrogen-bond donors (Lipinski definition) is 4. The fourth-order valence-electron chi connectivity index (χ4n) is 12.5. The summed E-state index contributed by atoms with van der Waals surface area (Å²) in [4.78, 5) is 12.0. The predicted molar refractivity (Wildman–Crippen MR) is 199 cm³/mol. The van der Waals surface area contributed by atoms with E-state index in [1.54, 1.807) is 0 Å². The van der Waals surface area contributed by atoms with Crippen molar-refractivity contribution in [3.05, 3.63) is 59.0 Å². The summed E-state index contributed by atoms with van der Waals surface area (Å²) in [7, 11) is 0. The summed E-state index contributed by atoms with van der Waals surface area (Å²) in [5.74, 6) is 0.617. The highest BCUT2D eigenvalue weighted by molar-refractivity contribution is 6.11. The van der Waals surface area contributed by atoms with Gasteiger partial charge in [-0.2, -0.15) is 0 Å². The molecule has 1 aromatic carbocycles. The zero-order valence-corrected chi connectivity index (χ0v) is 31.5. The minimum atomic E-state index is -0.819. The molecule has 0 bridgehead atoms. The standard InChI is InChI=1S/C43H56N2O5/c1-11-30(47)44-18-12-16-41(8)28-14-13-23-19-26-25-20-24-27-21-39(4,5)50-40(6,7)33(27)36(48)31(24)32-35(25)45(34(22(2)3)37(32)49)38(26)43(23,10)42(28,9)17-15-29(41)46/h12,16,20-21,23,28-29,33,36,46,48-49H,2,11,13-15,17-19H2,1,3-10H3,(H,44,47)/t23?,28-,29-,33?,36+,41-,42-,43+/m0/s1. The maximum atomic E-state index is 12.3. The Morgan fingerprint density at radius 1 is 1.12 bits per heavy atom. The molecule has 4 N–H and O–H groups in total. The Hall–Kier alpha value is -3.13. The molecule has 8 rings (SSSR count). The predicted octanol–water partition coefficient (Wildman–Crippen LogP) is 7.99. The van der Waals surface area contributed by atoms with Gasteiger partial charge in [0.1, 0.15) is 5.75 Å². The van der Waals surface area contributed by atoms with Crippen molar-refractivity contribution in [2.75, 3.05) is 6.54 Å². The van der Waals surface area contributed by atoms with Crippen molar-refractivity contribution in [2.24, 2.45) is 28.6 Å². The number of carbonyl (C=O) groups is 1. The third-order valence-corrected chi connectivity index (χ3v) is 14.7. The highest BCUT2D eigenvalue weighted by Gasteiger charge is 2.67. The SMILES string of the molecule is C=C(C)c1c(O)c2c3c(cc4c5c(n1c42)[C@@]1(C)C(CC[C@H]2[C@](C)(C=CCNC(=O)CC)[C@@H](O)CC[C@@]21C)C5)C1=CC(C)(C)OC(C)(C)C1[C@@H]3O. The van der Waals surface area contributed by atoms with Crippen molar-refractivity contribution >= 4 is 33.3 Å². The highest BCUT2D eigenvalue weighted by Crippen LogP contribution is 2.71. The molecule has 2 unspecified atom stereocenters. The Morgan fingerprint density at radius 3 is 2.52 bits per heavy atom. The van der Waals surface area contributed by atoms with E-state index in [1.807, 2.05) is 19.9 Å². The Kier molecular flexibility index (Phi) is 7.12. The van der Waals surface area contributed by atoms with Crippen LogP contribution in [0.15, 0.2) is 30.9 Å². The van der Waals surface area contributed by atoms with E-state index in [0.29, 0.717) is 25.3 Å². The van der Waals surface area contributed by atoms with Gasteiger partial charge in [-0.05, 0) is 118 Å². The quantitative estimate of drug-likeness (QED) is 0.205. The van der Waals surface area contributed by atoms with Crippen LogP contribution in [0.4, 0.5) is 0 Å². The number of hydrogen-bond acceptors (Lipinski definition) is 5. The number of rotatable bonds is 5. The first-order valence-corrected chi connectivity index (χ1v) is 18.9. The summed E-state index contributed by atoms with van der Waals surface area (Å²) in [6.45, 7) is 24.2. The van der Waals surface area contributed by atoms with Gasteiger partial charge in [-0.25, -0.2) is 0 Å². The van der Waals surface area contributed by atoms with Crippen molar-refractivity contribution in [1.82, 2.24) is 9.72 Å². The van der Waals surface area contributed by atoms with E-state index in [0.717, 1.165) is 64.6 Å². The third kappa shape index (κ3) is 4.06. The topological polar surface area (TPSA) is 103 Å². The molecule has 0 spiro atoms. The van der Waals surface area contributed by atoms with Gasteiger partial charge in [-0.15, -0.1) is 0 Å². The number of nitrogens with zero attached hydrogens (tertiary/aromatic N) is 1. The number of benzene rings is 1. The molecule has 268 valence electrons. The molecule has 4 aliphatic carbocycles. The molecule has 7 heteroatoms. The minimum Gasteiger partial charge on any atom is -0.505 e. The van der Waals surface area contributed by atoms with Crippen LogP contribution in [0.25, 0.3) is 27.4 Å². The van der Waals surface area contributed by atoms with Gasteiger partial charge in [-0.3, -0.25) is 4.79 Å². The van der Waals surface area contributed by atoms with Crippen molar-refractivity contribution < 1.29 is 24.9 Å². The monoisotopic (exact) mass is 680 g/mol. The van der Waals surface area contributed by atoms with E-state index in [1.165, 1.54) is 16.6 Å². The molecule has 8 atom stereocenters. The molecule has 3 heterocycles. The lowest BCUT2D eigenvalue weighted by Crippen LogP contribution is -2.62. The molecule has 1 aliphatic heterocycles. The van der Waals surface area contributed by atoms with Crippen molar-refractivity contribution in [3.8, 4) is 5.75 Å². The number of allylic oxidation sites excluding steroid dienone is 1.